The van der Waals surface area contributed by atoms with Gasteiger partial charge in [0.05, 0.1) is 0 Å². The lowest BCUT2D eigenvalue weighted by Gasteiger charge is -1.98. The maximum atomic E-state index is 2.26. The summed E-state index contributed by atoms with van der Waals surface area (Å²) in [6.07, 6.45) is 0. The number of aromatic nitrogens is 1. The molecule has 1 nitrogen and oxygen atoms in total. The molecule has 1 heterocycles. The molecule has 0 bridgehead atoms. The highest BCUT2D eigenvalue weighted by Crippen LogP contribution is 2.24. The van der Waals surface area contributed by atoms with Crippen molar-refractivity contribution in [2.24, 2.45) is 7.05 Å². The average molecular weight is 173 g/mol. The summed E-state index contributed by atoms with van der Waals surface area (Å²) in [6, 6.07) is 6.63. The van der Waals surface area contributed by atoms with E-state index in [0.717, 1.165) is 0 Å². The number of aryl methyl sites for hydroxylation is 3. The van der Waals surface area contributed by atoms with Gasteiger partial charge in [-0.05, 0) is 38.5 Å². The van der Waals surface area contributed by atoms with Crippen molar-refractivity contribution < 1.29 is 0 Å². The Morgan fingerprint density at radius 3 is 2.46 bits per heavy atom. The minimum atomic E-state index is 1.33. The monoisotopic (exact) mass is 173 g/mol. The highest BCUT2D eigenvalue weighted by atomic mass is 14.9. The molecule has 0 amide bonds. The summed E-state index contributed by atoms with van der Waals surface area (Å²) in [5.41, 5.74) is 5.43. The van der Waals surface area contributed by atoms with Crippen LogP contribution in [0.25, 0.3) is 10.9 Å². The Balaban J connectivity index is 2.95. The van der Waals surface area contributed by atoms with Crippen LogP contribution in [0, 0.1) is 20.8 Å². The van der Waals surface area contributed by atoms with E-state index in [1.165, 1.54) is 27.7 Å². The Morgan fingerprint density at radius 2 is 1.77 bits per heavy atom. The van der Waals surface area contributed by atoms with Crippen LogP contribution in [0.1, 0.15) is 16.8 Å². The van der Waals surface area contributed by atoms with Crippen molar-refractivity contribution in [3.63, 3.8) is 0 Å². The Morgan fingerprint density at radius 1 is 1.08 bits per heavy atom. The second-order valence-electron chi connectivity index (χ2n) is 3.79. The smallest absolute Gasteiger partial charge is 0.0482 e. The lowest BCUT2D eigenvalue weighted by Crippen LogP contribution is -1.89. The molecule has 1 heteroatoms. The third kappa shape index (κ3) is 1.07. The van der Waals surface area contributed by atoms with Gasteiger partial charge in [0, 0.05) is 23.6 Å². The van der Waals surface area contributed by atoms with Crippen LogP contribution >= 0.6 is 0 Å². The minimum Gasteiger partial charge on any atom is -0.348 e. The van der Waals surface area contributed by atoms with E-state index in [9.17, 15) is 0 Å². The van der Waals surface area contributed by atoms with Crippen LogP contribution in [-0.2, 0) is 7.05 Å². The third-order valence-corrected chi connectivity index (χ3v) is 2.96. The van der Waals surface area contributed by atoms with Gasteiger partial charge in [0.15, 0.2) is 0 Å². The van der Waals surface area contributed by atoms with E-state index in [2.05, 4.69) is 50.6 Å². The van der Waals surface area contributed by atoms with Crippen molar-refractivity contribution in [1.29, 1.82) is 0 Å². The van der Waals surface area contributed by atoms with E-state index in [1.807, 2.05) is 0 Å². The van der Waals surface area contributed by atoms with Crippen LogP contribution in [0.4, 0.5) is 0 Å². The van der Waals surface area contributed by atoms with Gasteiger partial charge in [-0.15, -0.1) is 0 Å². The van der Waals surface area contributed by atoms with Gasteiger partial charge in [-0.1, -0.05) is 11.6 Å². The molecule has 1 aromatic heterocycles. The van der Waals surface area contributed by atoms with Crippen molar-refractivity contribution in [3.05, 3.63) is 35.0 Å². The van der Waals surface area contributed by atoms with Crippen LogP contribution in [0.2, 0.25) is 0 Å². The molecular weight excluding hydrogens is 158 g/mol. The number of rotatable bonds is 0. The SMILES string of the molecule is Cc1ccc2c(c1)c(C)c(C)n2C. The molecule has 0 N–H and O–H groups in total. The molecule has 0 saturated heterocycles. The first-order valence-corrected chi connectivity index (χ1v) is 4.63. The second-order valence-corrected chi connectivity index (χ2v) is 3.79. The summed E-state index contributed by atoms with van der Waals surface area (Å²) in [7, 11) is 2.12. The maximum absolute atomic E-state index is 2.26. The quantitative estimate of drug-likeness (QED) is 0.577. The lowest BCUT2D eigenvalue weighted by molar-refractivity contribution is 0.910. The molecule has 0 aliphatic rings. The Kier molecular flexibility index (Phi) is 1.69. The Labute approximate surface area is 79.0 Å². The molecule has 68 valence electrons. The standard InChI is InChI=1S/C12H15N/c1-8-5-6-12-11(7-8)9(2)10(3)13(12)4/h5-7H,1-4H3. The molecule has 0 fully saturated rings. The van der Waals surface area contributed by atoms with Gasteiger partial charge >= 0.3 is 0 Å². The fourth-order valence-electron chi connectivity index (χ4n) is 1.87. The fraction of sp³-hybridized carbons (Fsp3) is 0.333. The van der Waals surface area contributed by atoms with E-state index in [0.29, 0.717) is 0 Å². The number of fused-ring (bicyclic) bond motifs is 1. The largest absolute Gasteiger partial charge is 0.348 e. The maximum Gasteiger partial charge on any atom is 0.0482 e. The summed E-state index contributed by atoms with van der Waals surface area (Å²) in [4.78, 5) is 0. The summed E-state index contributed by atoms with van der Waals surface area (Å²) in [5.74, 6) is 0. The van der Waals surface area contributed by atoms with E-state index >= 15 is 0 Å². The average Bonchev–Trinajstić information content (AvgIpc) is 2.32. The Hall–Kier alpha value is -1.24. The highest BCUT2D eigenvalue weighted by molar-refractivity contribution is 5.85. The fourth-order valence-corrected chi connectivity index (χ4v) is 1.87. The van der Waals surface area contributed by atoms with E-state index < -0.39 is 0 Å². The molecule has 0 atom stereocenters. The summed E-state index contributed by atoms with van der Waals surface area (Å²) < 4.78 is 2.25. The molecule has 1 aromatic carbocycles. The van der Waals surface area contributed by atoms with Gasteiger partial charge in [-0.2, -0.15) is 0 Å². The molecule has 0 spiro atoms. The van der Waals surface area contributed by atoms with Crippen LogP contribution in [-0.4, -0.2) is 4.57 Å². The highest BCUT2D eigenvalue weighted by Gasteiger charge is 2.06. The summed E-state index contributed by atoms with van der Waals surface area (Å²) >= 11 is 0. The zero-order chi connectivity index (χ0) is 9.59. The van der Waals surface area contributed by atoms with Gasteiger partial charge < -0.3 is 4.57 Å². The van der Waals surface area contributed by atoms with Gasteiger partial charge in [-0.25, -0.2) is 0 Å². The third-order valence-electron chi connectivity index (χ3n) is 2.96. The molecule has 0 aliphatic heterocycles. The first kappa shape index (κ1) is 8.36. The molecule has 0 unspecified atom stereocenters. The number of hydrogen-bond acceptors (Lipinski definition) is 0. The van der Waals surface area contributed by atoms with Crippen molar-refractivity contribution >= 4 is 10.9 Å². The number of hydrogen-bond donors (Lipinski definition) is 0. The molecule has 2 rings (SSSR count). The molecule has 2 aromatic rings. The number of benzene rings is 1. The van der Waals surface area contributed by atoms with Crippen LogP contribution < -0.4 is 0 Å². The second kappa shape index (κ2) is 2.63. The predicted molar refractivity (Wildman–Crippen MR) is 57.1 cm³/mol. The van der Waals surface area contributed by atoms with E-state index in [4.69, 9.17) is 0 Å². The first-order valence-electron chi connectivity index (χ1n) is 4.63. The van der Waals surface area contributed by atoms with Crippen molar-refractivity contribution in [3.8, 4) is 0 Å². The van der Waals surface area contributed by atoms with Crippen LogP contribution in [0.15, 0.2) is 18.2 Å². The topological polar surface area (TPSA) is 4.93 Å². The minimum absolute atomic E-state index is 1.33. The normalized spacial score (nSPS) is 11.1. The Bertz CT molecular complexity index is 463. The molecular formula is C12H15N. The zero-order valence-electron chi connectivity index (χ0n) is 8.68. The molecule has 0 aliphatic carbocycles. The van der Waals surface area contributed by atoms with Gasteiger partial charge in [0.25, 0.3) is 0 Å². The molecule has 0 saturated carbocycles. The van der Waals surface area contributed by atoms with Gasteiger partial charge in [0.2, 0.25) is 0 Å². The van der Waals surface area contributed by atoms with Crippen molar-refractivity contribution in [2.75, 3.05) is 0 Å². The number of nitrogens with zero attached hydrogens (tertiary/aromatic N) is 1. The van der Waals surface area contributed by atoms with E-state index in [1.54, 1.807) is 0 Å². The predicted octanol–water partition coefficient (Wildman–Crippen LogP) is 3.10. The van der Waals surface area contributed by atoms with Crippen LogP contribution in [0.5, 0.6) is 0 Å². The summed E-state index contributed by atoms with van der Waals surface area (Å²) in [6.45, 7) is 6.50. The van der Waals surface area contributed by atoms with Gasteiger partial charge in [-0.3, -0.25) is 0 Å². The molecule has 13 heavy (non-hydrogen) atoms. The van der Waals surface area contributed by atoms with Gasteiger partial charge in [0.1, 0.15) is 0 Å². The lowest BCUT2D eigenvalue weighted by atomic mass is 10.1. The first-order chi connectivity index (χ1) is 6.11. The summed E-state index contributed by atoms with van der Waals surface area (Å²) in [5, 5.41) is 1.39. The van der Waals surface area contributed by atoms with Crippen LogP contribution in [0.3, 0.4) is 0 Å². The zero-order valence-corrected chi connectivity index (χ0v) is 8.68. The molecule has 0 radical (unpaired) electrons. The van der Waals surface area contributed by atoms with E-state index in [-0.39, 0.29) is 0 Å². The van der Waals surface area contributed by atoms with Crippen molar-refractivity contribution in [1.82, 2.24) is 4.57 Å². The van der Waals surface area contributed by atoms with Crippen molar-refractivity contribution in [2.45, 2.75) is 20.8 Å².